The lowest BCUT2D eigenvalue weighted by Crippen LogP contribution is -2.04. The fraction of sp³-hybridized carbons (Fsp3) is 0.182. The number of rotatable bonds is 3. The minimum absolute atomic E-state index is 0.0273. The first-order chi connectivity index (χ1) is 6.65. The van der Waals surface area contributed by atoms with E-state index in [1.165, 1.54) is 0 Å². The highest BCUT2D eigenvalue weighted by molar-refractivity contribution is 5.91. The van der Waals surface area contributed by atoms with Crippen LogP contribution in [0.1, 0.15) is 18.1 Å². The fourth-order valence-electron chi connectivity index (χ4n) is 1.04. The highest BCUT2D eigenvalue weighted by atomic mass is 16.5. The standard InChI is InChI=1S/C11H13NO2/c1-3-14-11(12)10-6-4-9(5-7-10)8(2)13/h4-7,12-13H,2-3H2,1H3. The largest absolute Gasteiger partial charge is 0.508 e. The zero-order chi connectivity index (χ0) is 10.6. The summed E-state index contributed by atoms with van der Waals surface area (Å²) in [5, 5.41) is 16.6. The van der Waals surface area contributed by atoms with Gasteiger partial charge in [-0.15, -0.1) is 0 Å². The lowest BCUT2D eigenvalue weighted by Gasteiger charge is -2.05. The van der Waals surface area contributed by atoms with Crippen molar-refractivity contribution in [3.8, 4) is 0 Å². The van der Waals surface area contributed by atoms with E-state index in [1.807, 2.05) is 6.92 Å². The number of aliphatic hydroxyl groups is 1. The highest BCUT2D eigenvalue weighted by Crippen LogP contribution is 2.11. The van der Waals surface area contributed by atoms with Crippen molar-refractivity contribution in [3.63, 3.8) is 0 Å². The van der Waals surface area contributed by atoms with Crippen molar-refractivity contribution in [2.75, 3.05) is 6.61 Å². The zero-order valence-corrected chi connectivity index (χ0v) is 8.08. The molecule has 0 atom stereocenters. The molecule has 1 aromatic carbocycles. The molecule has 0 unspecified atom stereocenters. The van der Waals surface area contributed by atoms with Crippen molar-refractivity contribution in [3.05, 3.63) is 42.0 Å². The predicted octanol–water partition coefficient (Wildman–Crippen LogP) is 2.58. The lowest BCUT2D eigenvalue weighted by atomic mass is 10.1. The molecule has 1 aromatic rings. The van der Waals surface area contributed by atoms with E-state index < -0.39 is 0 Å². The topological polar surface area (TPSA) is 53.3 Å². The second-order valence-corrected chi connectivity index (χ2v) is 2.79. The van der Waals surface area contributed by atoms with Crippen molar-refractivity contribution in [1.29, 1.82) is 5.41 Å². The minimum atomic E-state index is 0.0273. The Labute approximate surface area is 83.2 Å². The van der Waals surface area contributed by atoms with Crippen LogP contribution in [0, 0.1) is 5.41 Å². The van der Waals surface area contributed by atoms with Gasteiger partial charge in [0.1, 0.15) is 5.76 Å². The molecule has 0 fully saturated rings. The molecule has 74 valence electrons. The Bertz CT molecular complexity index is 341. The molecule has 0 spiro atoms. The molecule has 0 saturated heterocycles. The van der Waals surface area contributed by atoms with Crippen molar-refractivity contribution < 1.29 is 9.84 Å². The van der Waals surface area contributed by atoms with Crippen LogP contribution in [-0.2, 0) is 4.74 Å². The highest BCUT2D eigenvalue weighted by Gasteiger charge is 2.02. The van der Waals surface area contributed by atoms with Gasteiger partial charge in [-0.05, 0) is 19.1 Å². The number of aliphatic hydroxyl groups excluding tert-OH is 1. The van der Waals surface area contributed by atoms with Gasteiger partial charge in [-0.3, -0.25) is 5.41 Å². The molecule has 2 N–H and O–H groups in total. The van der Waals surface area contributed by atoms with Gasteiger partial charge in [-0.25, -0.2) is 0 Å². The fourth-order valence-corrected chi connectivity index (χ4v) is 1.04. The monoisotopic (exact) mass is 191 g/mol. The molecule has 0 amide bonds. The van der Waals surface area contributed by atoms with Gasteiger partial charge in [0.15, 0.2) is 0 Å². The van der Waals surface area contributed by atoms with Crippen LogP contribution in [0.25, 0.3) is 5.76 Å². The van der Waals surface area contributed by atoms with Crippen LogP contribution in [0.5, 0.6) is 0 Å². The van der Waals surface area contributed by atoms with Gasteiger partial charge in [-0.2, -0.15) is 0 Å². The Balaban J connectivity index is 2.83. The Kier molecular flexibility index (Phi) is 3.29. The third kappa shape index (κ3) is 2.36. The molecular formula is C11H13NO2. The molecule has 1 rings (SSSR count). The molecule has 0 heterocycles. The van der Waals surface area contributed by atoms with E-state index in [1.54, 1.807) is 24.3 Å². The Morgan fingerprint density at radius 1 is 1.36 bits per heavy atom. The maximum atomic E-state index is 9.08. The molecule has 0 aliphatic rings. The molecule has 0 aliphatic heterocycles. The van der Waals surface area contributed by atoms with E-state index in [4.69, 9.17) is 15.3 Å². The number of ether oxygens (including phenoxy) is 1. The van der Waals surface area contributed by atoms with E-state index in [2.05, 4.69) is 6.58 Å². The van der Waals surface area contributed by atoms with Crippen molar-refractivity contribution in [2.45, 2.75) is 6.92 Å². The molecule has 0 aliphatic carbocycles. The van der Waals surface area contributed by atoms with Crippen LogP contribution < -0.4 is 0 Å². The predicted molar refractivity (Wildman–Crippen MR) is 56.6 cm³/mol. The summed E-state index contributed by atoms with van der Waals surface area (Å²) in [6, 6.07) is 6.83. The molecule has 3 nitrogen and oxygen atoms in total. The van der Waals surface area contributed by atoms with Gasteiger partial charge < -0.3 is 9.84 Å². The third-order valence-corrected chi connectivity index (χ3v) is 1.77. The first kappa shape index (κ1) is 10.3. The van der Waals surface area contributed by atoms with Crippen LogP contribution in [0.3, 0.4) is 0 Å². The van der Waals surface area contributed by atoms with Gasteiger partial charge in [0.05, 0.1) is 6.61 Å². The SMILES string of the molecule is C=C(O)c1ccc(C(=N)OCC)cc1. The van der Waals surface area contributed by atoms with Crippen LogP contribution in [-0.4, -0.2) is 17.6 Å². The molecule has 0 aromatic heterocycles. The average Bonchev–Trinajstić information content (AvgIpc) is 2.18. The zero-order valence-electron chi connectivity index (χ0n) is 8.08. The Morgan fingerprint density at radius 3 is 2.29 bits per heavy atom. The summed E-state index contributed by atoms with van der Waals surface area (Å²) in [7, 11) is 0. The summed E-state index contributed by atoms with van der Waals surface area (Å²) >= 11 is 0. The lowest BCUT2D eigenvalue weighted by molar-refractivity contribution is 0.325. The molecule has 0 bridgehead atoms. The van der Waals surface area contributed by atoms with E-state index >= 15 is 0 Å². The normalized spacial score (nSPS) is 9.50. The molecule has 14 heavy (non-hydrogen) atoms. The summed E-state index contributed by atoms with van der Waals surface area (Å²) in [6.45, 7) is 5.72. The number of hydrogen-bond acceptors (Lipinski definition) is 3. The molecule has 0 saturated carbocycles. The Hall–Kier alpha value is -1.77. The minimum Gasteiger partial charge on any atom is -0.508 e. The molecular weight excluding hydrogens is 178 g/mol. The maximum Gasteiger partial charge on any atom is 0.213 e. The van der Waals surface area contributed by atoms with E-state index in [0.29, 0.717) is 17.7 Å². The van der Waals surface area contributed by atoms with Crippen LogP contribution in [0.2, 0.25) is 0 Å². The van der Waals surface area contributed by atoms with Gasteiger partial charge in [-0.1, -0.05) is 18.7 Å². The van der Waals surface area contributed by atoms with Crippen molar-refractivity contribution in [1.82, 2.24) is 0 Å². The van der Waals surface area contributed by atoms with Gasteiger partial charge in [0, 0.05) is 11.1 Å². The summed E-state index contributed by atoms with van der Waals surface area (Å²) in [5.74, 6) is 0.169. The summed E-state index contributed by atoms with van der Waals surface area (Å²) in [4.78, 5) is 0. The number of benzene rings is 1. The van der Waals surface area contributed by atoms with Crippen LogP contribution in [0.4, 0.5) is 0 Å². The molecule has 3 heteroatoms. The second-order valence-electron chi connectivity index (χ2n) is 2.79. The number of hydrogen-bond donors (Lipinski definition) is 2. The van der Waals surface area contributed by atoms with Gasteiger partial charge in [0.25, 0.3) is 0 Å². The average molecular weight is 191 g/mol. The second kappa shape index (κ2) is 4.46. The van der Waals surface area contributed by atoms with E-state index in [0.717, 1.165) is 0 Å². The van der Waals surface area contributed by atoms with Crippen molar-refractivity contribution >= 4 is 11.7 Å². The third-order valence-electron chi connectivity index (χ3n) is 1.77. The first-order valence-electron chi connectivity index (χ1n) is 4.35. The van der Waals surface area contributed by atoms with Gasteiger partial charge >= 0.3 is 0 Å². The van der Waals surface area contributed by atoms with Crippen LogP contribution in [0.15, 0.2) is 30.8 Å². The number of nitrogens with one attached hydrogen (secondary N) is 1. The summed E-state index contributed by atoms with van der Waals surface area (Å²) < 4.78 is 5.03. The maximum absolute atomic E-state index is 9.08. The summed E-state index contributed by atoms with van der Waals surface area (Å²) in [5.41, 5.74) is 1.34. The van der Waals surface area contributed by atoms with Crippen LogP contribution >= 0.6 is 0 Å². The molecule has 0 radical (unpaired) electrons. The Morgan fingerprint density at radius 2 is 1.86 bits per heavy atom. The van der Waals surface area contributed by atoms with Crippen molar-refractivity contribution in [2.24, 2.45) is 0 Å². The van der Waals surface area contributed by atoms with Gasteiger partial charge in [0.2, 0.25) is 5.90 Å². The van der Waals surface area contributed by atoms with E-state index in [-0.39, 0.29) is 11.7 Å². The smallest absolute Gasteiger partial charge is 0.213 e. The summed E-state index contributed by atoms with van der Waals surface area (Å²) in [6.07, 6.45) is 0. The first-order valence-corrected chi connectivity index (χ1v) is 4.35. The quantitative estimate of drug-likeness (QED) is 0.438. The van der Waals surface area contributed by atoms with E-state index in [9.17, 15) is 0 Å².